The molecule has 3 heteroatoms. The lowest BCUT2D eigenvalue weighted by Gasteiger charge is -2.34. The number of hydrogen-bond donors (Lipinski definition) is 1. The van der Waals surface area contributed by atoms with Crippen LogP contribution in [0.25, 0.3) is 0 Å². The maximum atomic E-state index is 11.6. The summed E-state index contributed by atoms with van der Waals surface area (Å²) in [7, 11) is 0. The SMILES string of the molecule is CCOC(=O)C(N)(C(C)C)C(C)C. The summed E-state index contributed by atoms with van der Waals surface area (Å²) >= 11 is 0. The van der Waals surface area contributed by atoms with Crippen molar-refractivity contribution in [3.8, 4) is 0 Å². The van der Waals surface area contributed by atoms with Crippen LogP contribution in [0.1, 0.15) is 34.6 Å². The van der Waals surface area contributed by atoms with Gasteiger partial charge in [0.15, 0.2) is 0 Å². The third-order valence-corrected chi connectivity index (χ3v) is 2.54. The highest BCUT2D eigenvalue weighted by molar-refractivity contribution is 5.81. The van der Waals surface area contributed by atoms with Crippen LogP contribution >= 0.6 is 0 Å². The van der Waals surface area contributed by atoms with Crippen LogP contribution in [-0.4, -0.2) is 18.1 Å². The zero-order valence-electron chi connectivity index (χ0n) is 9.26. The minimum atomic E-state index is -0.851. The van der Waals surface area contributed by atoms with Gasteiger partial charge in [0.25, 0.3) is 0 Å². The monoisotopic (exact) mass is 187 g/mol. The molecule has 0 aromatic rings. The summed E-state index contributed by atoms with van der Waals surface area (Å²) in [5.41, 5.74) is 5.19. The second-order valence-electron chi connectivity index (χ2n) is 3.96. The number of nitrogens with two attached hydrogens (primary N) is 1. The maximum absolute atomic E-state index is 11.6. The van der Waals surface area contributed by atoms with Gasteiger partial charge in [0.05, 0.1) is 6.61 Å². The summed E-state index contributed by atoms with van der Waals surface area (Å²) in [6.07, 6.45) is 0. The van der Waals surface area contributed by atoms with Crippen LogP contribution in [0.15, 0.2) is 0 Å². The van der Waals surface area contributed by atoms with Gasteiger partial charge in [-0.2, -0.15) is 0 Å². The number of esters is 1. The van der Waals surface area contributed by atoms with E-state index in [9.17, 15) is 4.79 Å². The van der Waals surface area contributed by atoms with Crippen molar-refractivity contribution in [2.24, 2.45) is 17.6 Å². The molecular weight excluding hydrogens is 166 g/mol. The molecule has 0 rings (SSSR count). The van der Waals surface area contributed by atoms with E-state index in [2.05, 4.69) is 0 Å². The Kier molecular flexibility index (Phi) is 4.40. The normalized spacial score (nSPS) is 12.3. The molecule has 0 heterocycles. The standard InChI is InChI=1S/C10H21NO2/c1-6-13-9(12)10(11,7(2)3)8(4)5/h7-8H,6,11H2,1-5H3. The van der Waals surface area contributed by atoms with Crippen LogP contribution in [0.3, 0.4) is 0 Å². The molecule has 78 valence electrons. The molecule has 0 aromatic carbocycles. The molecule has 13 heavy (non-hydrogen) atoms. The van der Waals surface area contributed by atoms with E-state index in [1.165, 1.54) is 0 Å². The molecular formula is C10H21NO2. The predicted molar refractivity (Wildman–Crippen MR) is 53.2 cm³/mol. The van der Waals surface area contributed by atoms with Crippen LogP contribution in [0.5, 0.6) is 0 Å². The third-order valence-electron chi connectivity index (χ3n) is 2.54. The third kappa shape index (κ3) is 2.44. The van der Waals surface area contributed by atoms with E-state index in [1.54, 1.807) is 6.92 Å². The van der Waals surface area contributed by atoms with E-state index in [0.717, 1.165) is 0 Å². The van der Waals surface area contributed by atoms with Crippen molar-refractivity contribution in [3.05, 3.63) is 0 Å². The molecule has 0 saturated heterocycles. The van der Waals surface area contributed by atoms with Crippen LogP contribution < -0.4 is 5.73 Å². The molecule has 0 bridgehead atoms. The van der Waals surface area contributed by atoms with Crippen molar-refractivity contribution >= 4 is 5.97 Å². The van der Waals surface area contributed by atoms with Gasteiger partial charge in [-0.15, -0.1) is 0 Å². The molecule has 0 spiro atoms. The molecule has 0 atom stereocenters. The van der Waals surface area contributed by atoms with Gasteiger partial charge >= 0.3 is 5.97 Å². The molecule has 0 aromatic heterocycles. The number of rotatable bonds is 4. The Hall–Kier alpha value is -0.570. The molecule has 3 nitrogen and oxygen atoms in total. The van der Waals surface area contributed by atoms with Gasteiger partial charge in [0, 0.05) is 0 Å². The fraction of sp³-hybridized carbons (Fsp3) is 0.900. The van der Waals surface area contributed by atoms with E-state index in [-0.39, 0.29) is 17.8 Å². The first-order valence-electron chi connectivity index (χ1n) is 4.83. The second-order valence-corrected chi connectivity index (χ2v) is 3.96. The number of ether oxygens (including phenoxy) is 1. The van der Waals surface area contributed by atoms with Crippen molar-refractivity contribution < 1.29 is 9.53 Å². The molecule has 0 aliphatic rings. The summed E-state index contributed by atoms with van der Waals surface area (Å²) in [5, 5.41) is 0. The summed E-state index contributed by atoms with van der Waals surface area (Å²) in [6, 6.07) is 0. The second kappa shape index (κ2) is 4.61. The molecule has 0 radical (unpaired) electrons. The molecule has 0 amide bonds. The van der Waals surface area contributed by atoms with Gasteiger partial charge in [-0.3, -0.25) is 4.79 Å². The quantitative estimate of drug-likeness (QED) is 0.679. The molecule has 0 unspecified atom stereocenters. The lowest BCUT2D eigenvalue weighted by Crippen LogP contribution is -2.57. The van der Waals surface area contributed by atoms with Crippen molar-refractivity contribution in [2.75, 3.05) is 6.61 Å². The minimum Gasteiger partial charge on any atom is -0.465 e. The largest absolute Gasteiger partial charge is 0.465 e. The summed E-state index contributed by atoms with van der Waals surface area (Å²) in [5.74, 6) is -0.113. The zero-order valence-corrected chi connectivity index (χ0v) is 9.26. The highest BCUT2D eigenvalue weighted by Gasteiger charge is 2.41. The van der Waals surface area contributed by atoms with Crippen molar-refractivity contribution in [1.82, 2.24) is 0 Å². The predicted octanol–water partition coefficient (Wildman–Crippen LogP) is 1.56. The lowest BCUT2D eigenvalue weighted by atomic mass is 9.78. The average molecular weight is 187 g/mol. The smallest absolute Gasteiger partial charge is 0.326 e. The van der Waals surface area contributed by atoms with Gasteiger partial charge in [-0.05, 0) is 18.8 Å². The first-order valence-corrected chi connectivity index (χ1v) is 4.83. The zero-order chi connectivity index (χ0) is 10.6. The Labute approximate surface area is 80.6 Å². The van der Waals surface area contributed by atoms with Gasteiger partial charge in [0.1, 0.15) is 5.54 Å². The van der Waals surface area contributed by atoms with Crippen LogP contribution in [0.2, 0.25) is 0 Å². The first kappa shape index (κ1) is 12.4. The maximum Gasteiger partial charge on any atom is 0.326 e. The molecule has 0 aliphatic heterocycles. The highest BCUT2D eigenvalue weighted by Crippen LogP contribution is 2.24. The summed E-state index contributed by atoms with van der Waals surface area (Å²) in [6.45, 7) is 9.94. The molecule has 0 fully saturated rings. The number of hydrogen-bond acceptors (Lipinski definition) is 3. The summed E-state index contributed by atoms with van der Waals surface area (Å²) < 4.78 is 4.97. The van der Waals surface area contributed by atoms with Crippen LogP contribution in [-0.2, 0) is 9.53 Å². The van der Waals surface area contributed by atoms with Gasteiger partial charge in [-0.25, -0.2) is 0 Å². The molecule has 0 aliphatic carbocycles. The van der Waals surface area contributed by atoms with Gasteiger partial charge in [-0.1, -0.05) is 27.7 Å². The van der Waals surface area contributed by atoms with Gasteiger partial charge < -0.3 is 10.5 Å². The minimum absolute atomic E-state index is 0.0894. The van der Waals surface area contributed by atoms with Crippen molar-refractivity contribution in [2.45, 2.75) is 40.2 Å². The fourth-order valence-electron chi connectivity index (χ4n) is 1.39. The number of carbonyl (C=O) groups is 1. The molecule has 0 saturated carbocycles. The van der Waals surface area contributed by atoms with Crippen LogP contribution in [0.4, 0.5) is 0 Å². The topological polar surface area (TPSA) is 52.3 Å². The van der Waals surface area contributed by atoms with E-state index < -0.39 is 5.54 Å². The Morgan fingerprint density at radius 1 is 1.31 bits per heavy atom. The Balaban J connectivity index is 4.69. The van der Waals surface area contributed by atoms with Crippen LogP contribution in [0, 0.1) is 11.8 Å². The Morgan fingerprint density at radius 2 is 1.69 bits per heavy atom. The van der Waals surface area contributed by atoms with Crippen molar-refractivity contribution in [3.63, 3.8) is 0 Å². The van der Waals surface area contributed by atoms with Crippen molar-refractivity contribution in [1.29, 1.82) is 0 Å². The Bertz CT molecular complexity index is 168. The Morgan fingerprint density at radius 3 is 1.92 bits per heavy atom. The molecule has 2 N–H and O–H groups in total. The first-order chi connectivity index (χ1) is 5.87. The highest BCUT2D eigenvalue weighted by atomic mass is 16.5. The van der Waals surface area contributed by atoms with E-state index >= 15 is 0 Å². The fourth-order valence-corrected chi connectivity index (χ4v) is 1.39. The number of carbonyl (C=O) groups excluding carboxylic acids is 1. The van der Waals surface area contributed by atoms with E-state index in [0.29, 0.717) is 6.61 Å². The average Bonchev–Trinajstić information content (AvgIpc) is 2.02. The van der Waals surface area contributed by atoms with Gasteiger partial charge in [0.2, 0.25) is 0 Å². The van der Waals surface area contributed by atoms with E-state index in [4.69, 9.17) is 10.5 Å². The lowest BCUT2D eigenvalue weighted by molar-refractivity contribution is -0.153. The summed E-state index contributed by atoms with van der Waals surface area (Å²) in [4.78, 5) is 11.6. The van der Waals surface area contributed by atoms with E-state index in [1.807, 2.05) is 27.7 Å².